The van der Waals surface area contributed by atoms with E-state index in [2.05, 4.69) is 12.2 Å². The summed E-state index contributed by atoms with van der Waals surface area (Å²) in [7, 11) is 0. The van der Waals surface area contributed by atoms with Crippen LogP contribution in [0.5, 0.6) is 0 Å². The van der Waals surface area contributed by atoms with Crippen LogP contribution in [0, 0.1) is 0 Å². The number of hydrogen-bond acceptors (Lipinski definition) is 3. The van der Waals surface area contributed by atoms with E-state index < -0.39 is 0 Å². The van der Waals surface area contributed by atoms with Gasteiger partial charge in [0.1, 0.15) is 5.82 Å². The van der Waals surface area contributed by atoms with Crippen molar-refractivity contribution < 1.29 is 9.59 Å². The molecule has 4 heteroatoms. The van der Waals surface area contributed by atoms with Crippen LogP contribution in [0.15, 0.2) is 11.9 Å². The van der Waals surface area contributed by atoms with Crippen LogP contribution in [0.3, 0.4) is 0 Å². The predicted octanol–water partition coefficient (Wildman–Crippen LogP) is 1.96. The Morgan fingerprint density at radius 2 is 2.28 bits per heavy atom. The van der Waals surface area contributed by atoms with Crippen molar-refractivity contribution in [1.82, 2.24) is 10.2 Å². The highest BCUT2D eigenvalue weighted by Crippen LogP contribution is 2.27. The van der Waals surface area contributed by atoms with Gasteiger partial charge in [0.25, 0.3) is 0 Å². The number of ketones is 1. The Bertz CT molecular complexity index is 363. The monoisotopic (exact) mass is 250 g/mol. The second kappa shape index (κ2) is 6.03. The van der Waals surface area contributed by atoms with E-state index >= 15 is 0 Å². The molecule has 18 heavy (non-hydrogen) atoms. The first-order valence-corrected chi connectivity index (χ1v) is 7.04. The van der Waals surface area contributed by atoms with Crippen LogP contribution >= 0.6 is 0 Å². The van der Waals surface area contributed by atoms with Crippen LogP contribution in [0.2, 0.25) is 0 Å². The normalized spacial score (nSPS) is 22.1. The quantitative estimate of drug-likeness (QED) is 0.733. The summed E-state index contributed by atoms with van der Waals surface area (Å²) in [5.41, 5.74) is 0. The molecule has 1 saturated heterocycles. The lowest BCUT2D eigenvalue weighted by atomic mass is 10.1. The molecule has 0 spiro atoms. The molecule has 0 aromatic heterocycles. The van der Waals surface area contributed by atoms with E-state index in [4.69, 9.17) is 0 Å². The largest absolute Gasteiger partial charge is 0.348 e. The second-order valence-corrected chi connectivity index (χ2v) is 5.14. The lowest BCUT2D eigenvalue weighted by molar-refractivity contribution is -0.121. The molecule has 0 unspecified atom stereocenters. The van der Waals surface area contributed by atoms with Crippen molar-refractivity contribution in [3.8, 4) is 0 Å². The molecule has 1 amide bonds. The maximum Gasteiger partial charge on any atom is 0.225 e. The average molecular weight is 250 g/mol. The fourth-order valence-electron chi connectivity index (χ4n) is 2.69. The molecule has 100 valence electrons. The van der Waals surface area contributed by atoms with E-state index in [9.17, 15) is 9.59 Å². The number of nitrogens with zero attached hydrogens (tertiary/aromatic N) is 1. The summed E-state index contributed by atoms with van der Waals surface area (Å²) in [6, 6.07) is 0.000362. The van der Waals surface area contributed by atoms with Crippen molar-refractivity contribution in [2.24, 2.45) is 0 Å². The van der Waals surface area contributed by atoms with Crippen molar-refractivity contribution >= 4 is 11.7 Å². The number of nitrogens with one attached hydrogen (secondary N) is 1. The van der Waals surface area contributed by atoms with Crippen molar-refractivity contribution in [2.45, 2.75) is 57.9 Å². The zero-order valence-electron chi connectivity index (χ0n) is 11.1. The minimum absolute atomic E-state index is 0.000362. The second-order valence-electron chi connectivity index (χ2n) is 5.14. The predicted molar refractivity (Wildman–Crippen MR) is 69.7 cm³/mol. The molecular weight excluding hydrogens is 228 g/mol. The molecule has 0 aromatic rings. The minimum atomic E-state index is 0.000362. The number of carbonyl (C=O) groups excluding carboxylic acids is 2. The van der Waals surface area contributed by atoms with Gasteiger partial charge in [0.05, 0.1) is 6.04 Å². The Morgan fingerprint density at radius 3 is 3.06 bits per heavy atom. The Balaban J connectivity index is 1.77. The third kappa shape index (κ3) is 2.92. The van der Waals surface area contributed by atoms with Gasteiger partial charge in [-0.05, 0) is 19.3 Å². The van der Waals surface area contributed by atoms with Gasteiger partial charge in [-0.15, -0.1) is 0 Å². The summed E-state index contributed by atoms with van der Waals surface area (Å²) in [5, 5.41) is 2.88. The lowest BCUT2D eigenvalue weighted by Crippen LogP contribution is -2.35. The summed E-state index contributed by atoms with van der Waals surface area (Å²) >= 11 is 0. The molecule has 4 nitrogen and oxygen atoms in total. The molecule has 0 aliphatic carbocycles. The van der Waals surface area contributed by atoms with E-state index in [1.165, 1.54) is 12.8 Å². The third-order valence-corrected chi connectivity index (χ3v) is 3.69. The maximum absolute atomic E-state index is 11.8. The van der Waals surface area contributed by atoms with Gasteiger partial charge in [0.2, 0.25) is 5.91 Å². The fraction of sp³-hybridized carbons (Fsp3) is 0.714. The van der Waals surface area contributed by atoms with Gasteiger partial charge in [-0.1, -0.05) is 26.2 Å². The highest BCUT2D eigenvalue weighted by molar-refractivity contribution is 5.98. The first-order chi connectivity index (χ1) is 8.72. The SMILES string of the molecule is CCCCCCC(=O)NC1=CC(=O)[C@H]2CCCN12. The molecule has 1 fully saturated rings. The van der Waals surface area contributed by atoms with Crippen LogP contribution in [0.1, 0.15) is 51.9 Å². The summed E-state index contributed by atoms with van der Waals surface area (Å²) < 4.78 is 0. The molecule has 0 aromatic carbocycles. The van der Waals surface area contributed by atoms with Crippen LogP contribution in [-0.2, 0) is 9.59 Å². The molecule has 0 saturated carbocycles. The maximum atomic E-state index is 11.8. The number of amides is 1. The van der Waals surface area contributed by atoms with Gasteiger partial charge in [0, 0.05) is 19.0 Å². The van der Waals surface area contributed by atoms with Crippen molar-refractivity contribution in [1.29, 1.82) is 0 Å². The Labute approximate surface area is 108 Å². The first-order valence-electron chi connectivity index (χ1n) is 7.04. The number of rotatable bonds is 6. The summed E-state index contributed by atoms with van der Waals surface area (Å²) in [5.74, 6) is 0.912. The molecule has 2 heterocycles. The molecule has 0 radical (unpaired) electrons. The topological polar surface area (TPSA) is 49.4 Å². The van der Waals surface area contributed by atoms with E-state index in [0.29, 0.717) is 6.42 Å². The van der Waals surface area contributed by atoms with Gasteiger partial charge >= 0.3 is 0 Å². The van der Waals surface area contributed by atoms with E-state index in [0.717, 1.165) is 38.0 Å². The molecule has 2 aliphatic heterocycles. The van der Waals surface area contributed by atoms with Gasteiger partial charge in [-0.2, -0.15) is 0 Å². The highest BCUT2D eigenvalue weighted by Gasteiger charge is 2.36. The summed E-state index contributed by atoms with van der Waals surface area (Å²) in [4.78, 5) is 25.5. The van der Waals surface area contributed by atoms with Gasteiger partial charge in [0.15, 0.2) is 5.78 Å². The van der Waals surface area contributed by atoms with Crippen molar-refractivity contribution in [3.63, 3.8) is 0 Å². The number of unbranched alkanes of at least 4 members (excludes halogenated alkanes) is 3. The van der Waals surface area contributed by atoms with E-state index in [1.54, 1.807) is 6.08 Å². The Morgan fingerprint density at radius 1 is 1.44 bits per heavy atom. The van der Waals surface area contributed by atoms with E-state index in [1.807, 2.05) is 4.90 Å². The van der Waals surface area contributed by atoms with Crippen LogP contribution in [0.25, 0.3) is 0 Å². The molecule has 2 rings (SSSR count). The number of carbonyl (C=O) groups is 2. The zero-order valence-corrected chi connectivity index (χ0v) is 11.1. The van der Waals surface area contributed by atoms with E-state index in [-0.39, 0.29) is 17.7 Å². The van der Waals surface area contributed by atoms with Crippen LogP contribution in [0.4, 0.5) is 0 Å². The smallest absolute Gasteiger partial charge is 0.225 e. The molecule has 0 bridgehead atoms. The molecule has 1 atom stereocenters. The van der Waals surface area contributed by atoms with Crippen LogP contribution < -0.4 is 5.32 Å². The molecular formula is C14H22N2O2. The minimum Gasteiger partial charge on any atom is -0.348 e. The summed E-state index contributed by atoms with van der Waals surface area (Å²) in [6.07, 6.45) is 8.51. The highest BCUT2D eigenvalue weighted by atomic mass is 16.2. The van der Waals surface area contributed by atoms with Crippen molar-refractivity contribution in [2.75, 3.05) is 6.54 Å². The van der Waals surface area contributed by atoms with Gasteiger partial charge in [-0.3, -0.25) is 9.59 Å². The number of hydrogen-bond donors (Lipinski definition) is 1. The first kappa shape index (κ1) is 13.1. The van der Waals surface area contributed by atoms with Gasteiger partial charge in [-0.25, -0.2) is 0 Å². The van der Waals surface area contributed by atoms with Crippen LogP contribution in [-0.4, -0.2) is 29.2 Å². The average Bonchev–Trinajstić information content (AvgIpc) is 2.91. The number of fused-ring (bicyclic) bond motifs is 1. The Hall–Kier alpha value is -1.32. The lowest BCUT2D eigenvalue weighted by Gasteiger charge is -2.21. The molecule has 2 aliphatic rings. The molecule has 1 N–H and O–H groups in total. The van der Waals surface area contributed by atoms with Crippen molar-refractivity contribution in [3.05, 3.63) is 11.9 Å². The van der Waals surface area contributed by atoms with Gasteiger partial charge < -0.3 is 10.2 Å². The third-order valence-electron chi connectivity index (χ3n) is 3.69. The zero-order chi connectivity index (χ0) is 13.0. The summed E-state index contributed by atoms with van der Waals surface area (Å²) in [6.45, 7) is 3.04. The standard InChI is InChI=1S/C14H22N2O2/c1-2-3-4-5-8-14(18)15-13-10-12(17)11-7-6-9-16(11)13/h10-11H,2-9H2,1H3,(H,15,18)/t11-/m1/s1. The Kier molecular flexibility index (Phi) is 4.39. The fourth-order valence-corrected chi connectivity index (χ4v) is 2.69.